The third-order valence-electron chi connectivity index (χ3n) is 3.60. The van der Waals surface area contributed by atoms with Crippen LogP contribution in [0.1, 0.15) is 49.9 Å². The van der Waals surface area contributed by atoms with Gasteiger partial charge in [0.05, 0.1) is 0 Å². The number of rotatable bonds is 6. The fourth-order valence-electron chi connectivity index (χ4n) is 2.47. The molecule has 2 rings (SSSR count). The summed E-state index contributed by atoms with van der Waals surface area (Å²) < 4.78 is 13.0. The molecule has 0 aliphatic carbocycles. The third kappa shape index (κ3) is 3.91. The summed E-state index contributed by atoms with van der Waals surface area (Å²) in [5, 5.41) is 3.65. The predicted molar refractivity (Wildman–Crippen MR) is 82.0 cm³/mol. The van der Waals surface area contributed by atoms with Crippen LogP contribution in [0.4, 0.5) is 4.39 Å². The van der Waals surface area contributed by atoms with E-state index in [1.807, 2.05) is 18.2 Å². The second kappa shape index (κ2) is 7.20. The molecule has 0 aromatic heterocycles. The van der Waals surface area contributed by atoms with Crippen LogP contribution in [-0.4, -0.2) is 0 Å². The summed E-state index contributed by atoms with van der Waals surface area (Å²) in [5.41, 5.74) is 2.42. The molecule has 0 aliphatic rings. The molecular formula is C18H22FN. The van der Waals surface area contributed by atoms with Crippen LogP contribution in [0.2, 0.25) is 0 Å². The van der Waals surface area contributed by atoms with Crippen molar-refractivity contribution in [3.63, 3.8) is 0 Å². The van der Waals surface area contributed by atoms with Gasteiger partial charge in [0.2, 0.25) is 0 Å². The molecule has 0 radical (unpaired) electrons. The number of benzene rings is 2. The van der Waals surface area contributed by atoms with Crippen LogP contribution >= 0.6 is 0 Å². The van der Waals surface area contributed by atoms with Crippen LogP contribution < -0.4 is 5.32 Å². The minimum atomic E-state index is -0.186. The molecule has 0 bridgehead atoms. The van der Waals surface area contributed by atoms with E-state index in [0.29, 0.717) is 6.04 Å². The van der Waals surface area contributed by atoms with E-state index in [-0.39, 0.29) is 11.9 Å². The SMILES string of the molecule is CCCC(N[C@H](C)c1ccc(F)cc1)c1ccccc1. The number of halogens is 1. The van der Waals surface area contributed by atoms with Crippen LogP contribution in [0, 0.1) is 5.82 Å². The first-order valence-corrected chi connectivity index (χ1v) is 7.27. The maximum atomic E-state index is 13.0. The minimum Gasteiger partial charge on any atom is -0.303 e. The first kappa shape index (κ1) is 14.7. The molecule has 0 saturated heterocycles. The van der Waals surface area contributed by atoms with Crippen LogP contribution in [0.3, 0.4) is 0 Å². The fourth-order valence-corrected chi connectivity index (χ4v) is 2.47. The molecule has 0 spiro atoms. The van der Waals surface area contributed by atoms with E-state index >= 15 is 0 Å². The highest BCUT2D eigenvalue weighted by atomic mass is 19.1. The zero-order valence-electron chi connectivity index (χ0n) is 12.1. The lowest BCUT2D eigenvalue weighted by atomic mass is 9.99. The van der Waals surface area contributed by atoms with Gasteiger partial charge in [-0.25, -0.2) is 4.39 Å². The standard InChI is InChI=1S/C18H22FN/c1-3-7-18(16-8-5-4-6-9-16)20-14(2)15-10-12-17(19)13-11-15/h4-6,8-14,18,20H,3,7H2,1-2H3/t14-,18?/m1/s1. The van der Waals surface area contributed by atoms with Crippen LogP contribution in [0.25, 0.3) is 0 Å². The highest BCUT2D eigenvalue weighted by molar-refractivity contribution is 5.22. The van der Waals surface area contributed by atoms with Crippen molar-refractivity contribution in [3.05, 3.63) is 71.5 Å². The maximum absolute atomic E-state index is 13.0. The van der Waals surface area contributed by atoms with Gasteiger partial charge in [0.15, 0.2) is 0 Å². The van der Waals surface area contributed by atoms with Gasteiger partial charge < -0.3 is 5.32 Å². The molecule has 106 valence electrons. The molecule has 2 heteroatoms. The van der Waals surface area contributed by atoms with E-state index < -0.39 is 0 Å². The molecule has 0 saturated carbocycles. The second-order valence-electron chi connectivity index (χ2n) is 5.19. The Morgan fingerprint density at radius 1 is 0.950 bits per heavy atom. The van der Waals surface area contributed by atoms with Gasteiger partial charge in [-0.1, -0.05) is 55.8 Å². The summed E-state index contributed by atoms with van der Waals surface area (Å²) in [5.74, 6) is -0.186. The molecule has 20 heavy (non-hydrogen) atoms. The molecule has 2 aromatic rings. The Bertz CT molecular complexity index is 507. The molecule has 1 N–H and O–H groups in total. The van der Waals surface area contributed by atoms with Crippen LogP contribution in [0.15, 0.2) is 54.6 Å². The lowest BCUT2D eigenvalue weighted by Gasteiger charge is -2.24. The van der Waals surface area contributed by atoms with E-state index in [9.17, 15) is 4.39 Å². The van der Waals surface area contributed by atoms with Gasteiger partial charge in [-0.15, -0.1) is 0 Å². The molecule has 2 atom stereocenters. The normalized spacial score (nSPS) is 13.9. The molecule has 2 aromatic carbocycles. The first-order chi connectivity index (χ1) is 9.70. The quantitative estimate of drug-likeness (QED) is 0.778. The minimum absolute atomic E-state index is 0.186. The first-order valence-electron chi connectivity index (χ1n) is 7.27. The lowest BCUT2D eigenvalue weighted by Crippen LogP contribution is -2.24. The summed E-state index contributed by atoms with van der Waals surface area (Å²) in [6.07, 6.45) is 2.22. The monoisotopic (exact) mass is 271 g/mol. The Kier molecular flexibility index (Phi) is 5.31. The fraction of sp³-hybridized carbons (Fsp3) is 0.333. The van der Waals surface area contributed by atoms with Crippen molar-refractivity contribution in [2.24, 2.45) is 0 Å². The van der Waals surface area contributed by atoms with Crippen LogP contribution in [-0.2, 0) is 0 Å². The second-order valence-corrected chi connectivity index (χ2v) is 5.19. The molecule has 1 unspecified atom stereocenters. The Balaban J connectivity index is 2.10. The molecule has 0 heterocycles. The van der Waals surface area contributed by atoms with Crippen molar-refractivity contribution < 1.29 is 4.39 Å². The average molecular weight is 271 g/mol. The largest absolute Gasteiger partial charge is 0.303 e. The highest BCUT2D eigenvalue weighted by Crippen LogP contribution is 2.23. The summed E-state index contributed by atoms with van der Waals surface area (Å²) in [7, 11) is 0. The van der Waals surface area contributed by atoms with E-state index in [0.717, 1.165) is 18.4 Å². The predicted octanol–water partition coefficient (Wildman–Crippen LogP) is 5.02. The topological polar surface area (TPSA) is 12.0 Å². The Hall–Kier alpha value is -1.67. The van der Waals surface area contributed by atoms with Crippen molar-refractivity contribution in [1.29, 1.82) is 0 Å². The summed E-state index contributed by atoms with van der Waals surface area (Å²) in [6.45, 7) is 4.32. The van der Waals surface area contributed by atoms with Crippen molar-refractivity contribution >= 4 is 0 Å². The zero-order valence-corrected chi connectivity index (χ0v) is 12.1. The van der Waals surface area contributed by atoms with Gasteiger partial charge in [-0.2, -0.15) is 0 Å². The molecule has 1 nitrogen and oxygen atoms in total. The van der Waals surface area contributed by atoms with Gasteiger partial charge in [0, 0.05) is 12.1 Å². The van der Waals surface area contributed by atoms with Gasteiger partial charge in [-0.3, -0.25) is 0 Å². The van der Waals surface area contributed by atoms with Gasteiger partial charge in [0.1, 0.15) is 5.82 Å². The number of hydrogen-bond donors (Lipinski definition) is 1. The molecule has 0 aliphatic heterocycles. The lowest BCUT2D eigenvalue weighted by molar-refractivity contribution is 0.439. The van der Waals surface area contributed by atoms with E-state index in [4.69, 9.17) is 0 Å². The van der Waals surface area contributed by atoms with Crippen molar-refractivity contribution in [3.8, 4) is 0 Å². The number of hydrogen-bond acceptors (Lipinski definition) is 1. The smallest absolute Gasteiger partial charge is 0.123 e. The van der Waals surface area contributed by atoms with Crippen LogP contribution in [0.5, 0.6) is 0 Å². The Labute approximate surface area is 120 Å². The molecular weight excluding hydrogens is 249 g/mol. The summed E-state index contributed by atoms with van der Waals surface area (Å²) in [4.78, 5) is 0. The van der Waals surface area contributed by atoms with Gasteiger partial charge >= 0.3 is 0 Å². The van der Waals surface area contributed by atoms with Gasteiger partial charge in [-0.05, 0) is 36.6 Å². The van der Waals surface area contributed by atoms with E-state index in [1.54, 1.807) is 0 Å². The van der Waals surface area contributed by atoms with E-state index in [1.165, 1.54) is 17.7 Å². The summed E-state index contributed by atoms with van der Waals surface area (Å²) in [6, 6.07) is 17.8. The summed E-state index contributed by atoms with van der Waals surface area (Å²) >= 11 is 0. The van der Waals surface area contributed by atoms with Gasteiger partial charge in [0.25, 0.3) is 0 Å². The number of nitrogens with one attached hydrogen (secondary N) is 1. The molecule has 0 fully saturated rings. The average Bonchev–Trinajstić information content (AvgIpc) is 2.48. The van der Waals surface area contributed by atoms with E-state index in [2.05, 4.69) is 43.4 Å². The zero-order chi connectivity index (χ0) is 14.4. The third-order valence-corrected chi connectivity index (χ3v) is 3.60. The molecule has 0 amide bonds. The van der Waals surface area contributed by atoms with Crippen molar-refractivity contribution in [2.75, 3.05) is 0 Å². The van der Waals surface area contributed by atoms with Crippen molar-refractivity contribution in [2.45, 2.75) is 38.8 Å². The Morgan fingerprint density at radius 2 is 1.60 bits per heavy atom. The Morgan fingerprint density at radius 3 is 2.20 bits per heavy atom. The highest BCUT2D eigenvalue weighted by Gasteiger charge is 2.14. The maximum Gasteiger partial charge on any atom is 0.123 e. The van der Waals surface area contributed by atoms with Crippen molar-refractivity contribution in [1.82, 2.24) is 5.32 Å².